The van der Waals surface area contributed by atoms with Crippen molar-refractivity contribution < 1.29 is 26.3 Å². The molecule has 0 saturated heterocycles. The molecule has 0 aliphatic heterocycles. The highest BCUT2D eigenvalue weighted by atomic mass is 32.2. The van der Waals surface area contributed by atoms with Crippen molar-refractivity contribution in [3.63, 3.8) is 0 Å². The minimum atomic E-state index is -4.43. The van der Waals surface area contributed by atoms with E-state index < -0.39 is 22.8 Å². The summed E-state index contributed by atoms with van der Waals surface area (Å²) in [6, 6.07) is 5.53. The minimum absolute atomic E-state index is 0.0210. The lowest BCUT2D eigenvalue weighted by Crippen LogP contribution is -2.29. The Morgan fingerprint density at radius 1 is 1.20 bits per heavy atom. The first-order valence-electron chi connectivity index (χ1n) is 5.45. The van der Waals surface area contributed by atoms with Crippen LogP contribution in [0, 0.1) is 0 Å². The lowest BCUT2D eigenvalue weighted by molar-refractivity contribution is -0.173. The van der Waals surface area contributed by atoms with E-state index in [-0.39, 0.29) is 18.0 Å². The number of nitrogen functional groups attached to an aromatic ring is 1. The van der Waals surface area contributed by atoms with Crippen LogP contribution < -0.4 is 16.0 Å². The fourth-order valence-electron chi connectivity index (χ4n) is 1.25. The van der Waals surface area contributed by atoms with Gasteiger partial charge in [0.2, 0.25) is 10.0 Å². The summed E-state index contributed by atoms with van der Waals surface area (Å²) in [6.07, 6.45) is -4.43. The first-order chi connectivity index (χ1) is 9.24. The normalized spacial score (nSPS) is 12.4. The van der Waals surface area contributed by atoms with E-state index in [9.17, 15) is 21.6 Å². The van der Waals surface area contributed by atoms with Crippen LogP contribution in [0.3, 0.4) is 0 Å². The molecule has 1 aromatic carbocycles. The fraction of sp³-hybridized carbons (Fsp3) is 0.400. The lowest BCUT2D eigenvalue weighted by atomic mass is 10.3. The molecule has 0 aliphatic rings. The molecule has 0 amide bonds. The van der Waals surface area contributed by atoms with E-state index >= 15 is 0 Å². The van der Waals surface area contributed by atoms with Crippen LogP contribution in [0.5, 0.6) is 0 Å². The molecule has 114 valence electrons. The highest BCUT2D eigenvalue weighted by molar-refractivity contribution is 7.89. The van der Waals surface area contributed by atoms with Crippen molar-refractivity contribution in [2.75, 3.05) is 25.2 Å². The van der Waals surface area contributed by atoms with Crippen molar-refractivity contribution in [1.29, 1.82) is 0 Å². The van der Waals surface area contributed by atoms with Gasteiger partial charge in [-0.3, -0.25) is 5.84 Å². The molecule has 0 fully saturated rings. The average molecular weight is 313 g/mol. The molecular formula is C10H14F3N3O3S. The number of hydrogen-bond donors (Lipinski definition) is 3. The number of benzene rings is 1. The summed E-state index contributed by atoms with van der Waals surface area (Å²) in [5, 5.41) is 0. The van der Waals surface area contributed by atoms with Gasteiger partial charge in [-0.05, 0) is 24.3 Å². The van der Waals surface area contributed by atoms with Gasteiger partial charge in [-0.15, -0.1) is 0 Å². The van der Waals surface area contributed by atoms with Gasteiger partial charge in [0.1, 0.15) is 6.61 Å². The number of alkyl halides is 3. The smallest absolute Gasteiger partial charge is 0.371 e. The van der Waals surface area contributed by atoms with Gasteiger partial charge in [0.05, 0.1) is 11.5 Å². The summed E-state index contributed by atoms with van der Waals surface area (Å²) in [5.74, 6) is 5.13. The van der Waals surface area contributed by atoms with E-state index in [1.807, 2.05) is 0 Å². The largest absolute Gasteiger partial charge is 0.411 e. The van der Waals surface area contributed by atoms with Crippen LogP contribution >= 0.6 is 0 Å². The molecule has 0 aliphatic carbocycles. The van der Waals surface area contributed by atoms with Crippen molar-refractivity contribution in [2.24, 2.45) is 5.84 Å². The number of hydrogen-bond acceptors (Lipinski definition) is 5. The Labute approximate surface area is 114 Å². The summed E-state index contributed by atoms with van der Waals surface area (Å²) in [6.45, 7) is -2.04. The first kappa shape index (κ1) is 16.7. The number of anilines is 1. The predicted octanol–water partition coefficient (Wildman–Crippen LogP) is 0.829. The Kier molecular flexibility index (Phi) is 5.74. The Morgan fingerprint density at radius 3 is 2.30 bits per heavy atom. The maximum atomic E-state index is 11.8. The van der Waals surface area contributed by atoms with Crippen LogP contribution in [0.15, 0.2) is 29.2 Å². The maximum absolute atomic E-state index is 11.8. The molecule has 0 atom stereocenters. The number of rotatable bonds is 7. The zero-order valence-electron chi connectivity index (χ0n) is 10.3. The topological polar surface area (TPSA) is 93.5 Å². The minimum Gasteiger partial charge on any atom is -0.371 e. The predicted molar refractivity (Wildman–Crippen MR) is 66.3 cm³/mol. The molecular weight excluding hydrogens is 299 g/mol. The third kappa shape index (κ3) is 5.74. The standard InChI is InChI=1S/C10H14F3N3O3S/c11-10(12,13)7-19-6-5-15-20(17,18)9-3-1-8(16-14)2-4-9/h1-4,15-16H,5-7,14H2. The van der Waals surface area contributed by atoms with Crippen LogP contribution in [0.4, 0.5) is 18.9 Å². The average Bonchev–Trinajstić information content (AvgIpc) is 2.37. The van der Waals surface area contributed by atoms with Gasteiger partial charge in [-0.25, -0.2) is 13.1 Å². The summed E-state index contributed by atoms with van der Waals surface area (Å²) >= 11 is 0. The van der Waals surface area contributed by atoms with E-state index in [2.05, 4.69) is 14.9 Å². The summed E-state index contributed by atoms with van der Waals surface area (Å²) < 4.78 is 65.2. The van der Waals surface area contributed by atoms with Crippen LogP contribution in [-0.2, 0) is 14.8 Å². The van der Waals surface area contributed by atoms with E-state index in [0.717, 1.165) is 0 Å². The van der Waals surface area contributed by atoms with Crippen molar-refractivity contribution in [2.45, 2.75) is 11.1 Å². The molecule has 6 nitrogen and oxygen atoms in total. The van der Waals surface area contributed by atoms with Crippen molar-refractivity contribution in [3.8, 4) is 0 Å². The van der Waals surface area contributed by atoms with Gasteiger partial charge in [0.25, 0.3) is 0 Å². The molecule has 0 spiro atoms. The monoisotopic (exact) mass is 313 g/mol. The molecule has 0 heterocycles. The van der Waals surface area contributed by atoms with Gasteiger partial charge in [-0.2, -0.15) is 13.2 Å². The van der Waals surface area contributed by atoms with Gasteiger partial charge < -0.3 is 10.2 Å². The molecule has 0 radical (unpaired) electrons. The molecule has 4 N–H and O–H groups in total. The van der Waals surface area contributed by atoms with Crippen molar-refractivity contribution in [1.82, 2.24) is 4.72 Å². The van der Waals surface area contributed by atoms with Crippen LogP contribution in [-0.4, -0.2) is 34.4 Å². The number of sulfonamides is 1. The Morgan fingerprint density at radius 2 is 1.80 bits per heavy atom. The third-order valence-electron chi connectivity index (χ3n) is 2.14. The van der Waals surface area contributed by atoms with E-state index in [0.29, 0.717) is 5.69 Å². The van der Waals surface area contributed by atoms with Gasteiger partial charge in [0, 0.05) is 12.2 Å². The molecule has 20 heavy (non-hydrogen) atoms. The quantitative estimate of drug-likeness (QED) is 0.394. The highest BCUT2D eigenvalue weighted by Gasteiger charge is 2.27. The zero-order chi connectivity index (χ0) is 15.2. The second-order valence-electron chi connectivity index (χ2n) is 3.73. The number of nitrogens with one attached hydrogen (secondary N) is 2. The number of nitrogens with two attached hydrogens (primary N) is 1. The van der Waals surface area contributed by atoms with Gasteiger partial charge in [-0.1, -0.05) is 0 Å². The fourth-order valence-corrected chi connectivity index (χ4v) is 2.26. The second kappa shape index (κ2) is 6.88. The van der Waals surface area contributed by atoms with Crippen molar-refractivity contribution >= 4 is 15.7 Å². The second-order valence-corrected chi connectivity index (χ2v) is 5.50. The molecule has 1 aromatic rings. The Bertz CT molecular complexity index is 517. The molecule has 10 heteroatoms. The van der Waals surface area contributed by atoms with E-state index in [1.54, 1.807) is 0 Å². The number of ether oxygens (including phenoxy) is 1. The number of hydrazine groups is 1. The summed E-state index contributed by atoms with van der Waals surface area (Å²) in [5.41, 5.74) is 2.86. The number of halogens is 3. The molecule has 0 unspecified atom stereocenters. The Balaban J connectivity index is 2.45. The van der Waals surface area contributed by atoms with Gasteiger partial charge in [0.15, 0.2) is 0 Å². The third-order valence-corrected chi connectivity index (χ3v) is 3.61. The Hall–Kier alpha value is -1.36. The highest BCUT2D eigenvalue weighted by Crippen LogP contribution is 2.14. The van der Waals surface area contributed by atoms with E-state index in [1.165, 1.54) is 24.3 Å². The SMILES string of the molecule is NNc1ccc(S(=O)(=O)NCCOCC(F)(F)F)cc1. The van der Waals surface area contributed by atoms with Crippen LogP contribution in [0.2, 0.25) is 0 Å². The lowest BCUT2D eigenvalue weighted by Gasteiger charge is -2.09. The van der Waals surface area contributed by atoms with Crippen LogP contribution in [0.1, 0.15) is 0 Å². The summed E-state index contributed by atoms with van der Waals surface area (Å²) in [7, 11) is -3.78. The summed E-state index contributed by atoms with van der Waals surface area (Å²) in [4.78, 5) is -0.0210. The molecule has 0 bridgehead atoms. The maximum Gasteiger partial charge on any atom is 0.411 e. The van der Waals surface area contributed by atoms with Gasteiger partial charge >= 0.3 is 6.18 Å². The first-order valence-corrected chi connectivity index (χ1v) is 6.94. The molecule has 0 saturated carbocycles. The molecule has 0 aromatic heterocycles. The van der Waals surface area contributed by atoms with Crippen LogP contribution in [0.25, 0.3) is 0 Å². The van der Waals surface area contributed by atoms with Crippen molar-refractivity contribution in [3.05, 3.63) is 24.3 Å². The van der Waals surface area contributed by atoms with E-state index in [4.69, 9.17) is 5.84 Å². The molecule has 1 rings (SSSR count). The zero-order valence-corrected chi connectivity index (χ0v) is 11.1.